The van der Waals surface area contributed by atoms with Crippen LogP contribution >= 0.6 is 11.6 Å². The first-order valence-corrected chi connectivity index (χ1v) is 6.67. The Morgan fingerprint density at radius 1 is 1.05 bits per heavy atom. The number of benzene rings is 2. The lowest BCUT2D eigenvalue weighted by molar-refractivity contribution is 0.921. The first-order valence-electron chi connectivity index (χ1n) is 6.29. The highest BCUT2D eigenvalue weighted by molar-refractivity contribution is 6.31. The Morgan fingerprint density at radius 2 is 1.68 bits per heavy atom. The van der Waals surface area contributed by atoms with Gasteiger partial charge in [-0.05, 0) is 60.9 Å². The largest absolute Gasteiger partial charge is 0.399 e. The van der Waals surface area contributed by atoms with E-state index in [-0.39, 0.29) is 0 Å². The normalized spacial score (nSPS) is 10.5. The van der Waals surface area contributed by atoms with Crippen LogP contribution in [0.4, 0.5) is 11.4 Å². The molecule has 0 aromatic heterocycles. The van der Waals surface area contributed by atoms with E-state index in [4.69, 9.17) is 17.3 Å². The topological polar surface area (TPSA) is 29.3 Å². The second-order valence-electron chi connectivity index (χ2n) is 5.05. The summed E-state index contributed by atoms with van der Waals surface area (Å²) in [5.74, 6) is 0. The van der Waals surface area contributed by atoms with Crippen LogP contribution in [0.2, 0.25) is 5.02 Å². The molecule has 0 saturated carbocycles. The van der Waals surface area contributed by atoms with E-state index in [9.17, 15) is 0 Å². The van der Waals surface area contributed by atoms with Gasteiger partial charge in [0.1, 0.15) is 0 Å². The Morgan fingerprint density at radius 3 is 2.32 bits per heavy atom. The molecule has 0 aliphatic rings. The first-order chi connectivity index (χ1) is 8.95. The molecule has 2 N–H and O–H groups in total. The van der Waals surface area contributed by atoms with Gasteiger partial charge in [0.05, 0.1) is 0 Å². The van der Waals surface area contributed by atoms with Crippen molar-refractivity contribution < 1.29 is 0 Å². The molecule has 2 nitrogen and oxygen atoms in total. The molecule has 0 heterocycles. The van der Waals surface area contributed by atoms with Gasteiger partial charge < -0.3 is 10.6 Å². The van der Waals surface area contributed by atoms with Crippen molar-refractivity contribution in [3.05, 3.63) is 58.1 Å². The standard InChI is InChI=1S/C16H19ClN2/c1-11-6-12(2)8-15(7-11)19(3)10-13-9-14(18)4-5-16(13)17/h4-9H,10,18H2,1-3H3. The number of rotatable bonds is 3. The fourth-order valence-corrected chi connectivity index (χ4v) is 2.41. The maximum atomic E-state index is 6.21. The molecule has 100 valence electrons. The summed E-state index contributed by atoms with van der Waals surface area (Å²) in [6, 6.07) is 12.1. The van der Waals surface area contributed by atoms with Gasteiger partial charge in [-0.25, -0.2) is 0 Å². The average molecular weight is 275 g/mol. The number of hydrogen-bond acceptors (Lipinski definition) is 2. The first kappa shape index (κ1) is 13.8. The molecule has 0 bridgehead atoms. The Labute approximate surface area is 119 Å². The van der Waals surface area contributed by atoms with Crippen molar-refractivity contribution >= 4 is 23.0 Å². The van der Waals surface area contributed by atoms with E-state index < -0.39 is 0 Å². The molecule has 2 aromatic rings. The molecule has 0 radical (unpaired) electrons. The Balaban J connectivity index is 2.25. The lowest BCUT2D eigenvalue weighted by Gasteiger charge is -2.21. The van der Waals surface area contributed by atoms with Crippen LogP contribution in [0, 0.1) is 13.8 Å². The number of halogens is 1. The van der Waals surface area contributed by atoms with Crippen molar-refractivity contribution in [2.24, 2.45) is 0 Å². The molecule has 0 aliphatic heterocycles. The fourth-order valence-electron chi connectivity index (χ4n) is 2.23. The number of aryl methyl sites for hydroxylation is 2. The zero-order chi connectivity index (χ0) is 14.0. The summed E-state index contributed by atoms with van der Waals surface area (Å²) in [5.41, 5.74) is 11.3. The Kier molecular flexibility index (Phi) is 4.01. The monoisotopic (exact) mass is 274 g/mol. The lowest BCUT2D eigenvalue weighted by atomic mass is 10.1. The predicted octanol–water partition coefficient (Wildman–Crippen LogP) is 4.18. The van der Waals surface area contributed by atoms with Crippen LogP contribution in [-0.4, -0.2) is 7.05 Å². The maximum Gasteiger partial charge on any atom is 0.0457 e. The van der Waals surface area contributed by atoms with E-state index in [1.807, 2.05) is 18.2 Å². The van der Waals surface area contributed by atoms with E-state index in [2.05, 4.69) is 44.0 Å². The SMILES string of the molecule is Cc1cc(C)cc(N(C)Cc2cc(N)ccc2Cl)c1. The van der Waals surface area contributed by atoms with Gasteiger partial charge in [0.15, 0.2) is 0 Å². The quantitative estimate of drug-likeness (QED) is 0.851. The summed E-state index contributed by atoms with van der Waals surface area (Å²) in [4.78, 5) is 2.18. The minimum atomic E-state index is 0.743. The van der Waals surface area contributed by atoms with E-state index in [1.54, 1.807) is 0 Å². The maximum absolute atomic E-state index is 6.21. The van der Waals surface area contributed by atoms with Crippen molar-refractivity contribution in [1.82, 2.24) is 0 Å². The second kappa shape index (κ2) is 5.54. The summed E-state index contributed by atoms with van der Waals surface area (Å²) in [6.07, 6.45) is 0. The summed E-state index contributed by atoms with van der Waals surface area (Å²) in [6.45, 7) is 4.96. The molecule has 3 heteroatoms. The average Bonchev–Trinajstić information content (AvgIpc) is 2.32. The molecule has 0 spiro atoms. The van der Waals surface area contributed by atoms with Crippen LogP contribution in [0.1, 0.15) is 16.7 Å². The van der Waals surface area contributed by atoms with Crippen LogP contribution < -0.4 is 10.6 Å². The van der Waals surface area contributed by atoms with Crippen LogP contribution in [0.3, 0.4) is 0 Å². The van der Waals surface area contributed by atoms with E-state index in [0.717, 1.165) is 22.8 Å². The van der Waals surface area contributed by atoms with Crippen LogP contribution in [0.25, 0.3) is 0 Å². The van der Waals surface area contributed by atoms with E-state index >= 15 is 0 Å². The summed E-state index contributed by atoms with van der Waals surface area (Å²) < 4.78 is 0. The molecule has 2 rings (SSSR count). The van der Waals surface area contributed by atoms with Gasteiger partial charge >= 0.3 is 0 Å². The third-order valence-corrected chi connectivity index (χ3v) is 3.49. The highest BCUT2D eigenvalue weighted by atomic mass is 35.5. The molecule has 0 aliphatic carbocycles. The molecule has 0 atom stereocenters. The minimum Gasteiger partial charge on any atom is -0.399 e. The summed E-state index contributed by atoms with van der Waals surface area (Å²) >= 11 is 6.21. The van der Waals surface area contributed by atoms with Gasteiger partial charge in [0.2, 0.25) is 0 Å². The van der Waals surface area contributed by atoms with E-state index in [0.29, 0.717) is 0 Å². The van der Waals surface area contributed by atoms with Gasteiger partial charge in [-0.2, -0.15) is 0 Å². The third-order valence-electron chi connectivity index (χ3n) is 3.12. The van der Waals surface area contributed by atoms with Gasteiger partial charge in [0.25, 0.3) is 0 Å². The number of nitrogens with zero attached hydrogens (tertiary/aromatic N) is 1. The number of anilines is 2. The summed E-state index contributed by atoms with van der Waals surface area (Å²) in [7, 11) is 2.06. The van der Waals surface area contributed by atoms with Crippen LogP contribution in [-0.2, 0) is 6.54 Å². The van der Waals surface area contributed by atoms with E-state index in [1.165, 1.54) is 16.8 Å². The third kappa shape index (κ3) is 3.42. The van der Waals surface area contributed by atoms with Gasteiger partial charge in [-0.1, -0.05) is 17.7 Å². The number of hydrogen-bond donors (Lipinski definition) is 1. The lowest BCUT2D eigenvalue weighted by Crippen LogP contribution is -2.17. The van der Waals surface area contributed by atoms with Gasteiger partial charge in [0, 0.05) is 30.0 Å². The molecule has 0 saturated heterocycles. The number of nitrogens with two attached hydrogens (primary N) is 1. The smallest absolute Gasteiger partial charge is 0.0457 e. The second-order valence-corrected chi connectivity index (χ2v) is 5.46. The molecule has 0 fully saturated rings. The molecule has 0 unspecified atom stereocenters. The predicted molar refractivity (Wildman–Crippen MR) is 83.9 cm³/mol. The van der Waals surface area contributed by atoms with Crippen LogP contribution in [0.5, 0.6) is 0 Å². The Hall–Kier alpha value is -1.67. The fraction of sp³-hybridized carbons (Fsp3) is 0.250. The summed E-state index contributed by atoms with van der Waals surface area (Å²) in [5, 5.41) is 0.755. The Bertz CT molecular complexity index is 573. The molecular weight excluding hydrogens is 256 g/mol. The van der Waals surface area contributed by atoms with Gasteiger partial charge in [-0.3, -0.25) is 0 Å². The highest BCUT2D eigenvalue weighted by Crippen LogP contribution is 2.24. The molecule has 2 aromatic carbocycles. The van der Waals surface area contributed by atoms with Crippen molar-refractivity contribution in [2.45, 2.75) is 20.4 Å². The van der Waals surface area contributed by atoms with Crippen molar-refractivity contribution in [3.63, 3.8) is 0 Å². The number of nitrogen functional groups attached to an aromatic ring is 1. The van der Waals surface area contributed by atoms with Crippen LogP contribution in [0.15, 0.2) is 36.4 Å². The molecule has 19 heavy (non-hydrogen) atoms. The molecule has 0 amide bonds. The van der Waals surface area contributed by atoms with Crippen molar-refractivity contribution in [2.75, 3.05) is 17.7 Å². The zero-order valence-corrected chi connectivity index (χ0v) is 12.3. The highest BCUT2D eigenvalue weighted by Gasteiger charge is 2.07. The minimum absolute atomic E-state index is 0.743. The van der Waals surface area contributed by atoms with Gasteiger partial charge in [-0.15, -0.1) is 0 Å². The molecular formula is C16H19ClN2. The van der Waals surface area contributed by atoms with Crippen molar-refractivity contribution in [3.8, 4) is 0 Å². The van der Waals surface area contributed by atoms with Crippen molar-refractivity contribution in [1.29, 1.82) is 0 Å². The zero-order valence-electron chi connectivity index (χ0n) is 11.6.